The summed E-state index contributed by atoms with van der Waals surface area (Å²) >= 11 is 0. The Morgan fingerprint density at radius 1 is 1.32 bits per heavy atom. The van der Waals surface area contributed by atoms with Gasteiger partial charge in [-0.15, -0.1) is 10.2 Å². The molecule has 4 rings (SSSR count). The topological polar surface area (TPSA) is 78.6 Å². The van der Waals surface area contributed by atoms with Crippen molar-refractivity contribution in [2.45, 2.75) is 32.4 Å². The van der Waals surface area contributed by atoms with Crippen LogP contribution >= 0.6 is 0 Å². The summed E-state index contributed by atoms with van der Waals surface area (Å²) in [6.07, 6.45) is 3.89. The molecule has 1 fully saturated rings. The first-order valence-electron chi connectivity index (χ1n) is 8.62. The van der Waals surface area contributed by atoms with Crippen molar-refractivity contribution in [2.24, 2.45) is 0 Å². The predicted octanol–water partition coefficient (Wildman–Crippen LogP) is 2.21. The molecule has 0 radical (unpaired) electrons. The van der Waals surface area contributed by atoms with Crippen LogP contribution in [0.3, 0.4) is 0 Å². The molecule has 1 aromatic carbocycles. The number of likely N-dealkylation sites (tertiary alicyclic amines) is 1. The lowest BCUT2D eigenvalue weighted by Crippen LogP contribution is -2.41. The summed E-state index contributed by atoms with van der Waals surface area (Å²) in [6, 6.07) is 9.88. The van der Waals surface area contributed by atoms with E-state index in [4.69, 9.17) is 0 Å². The molecule has 7 heteroatoms. The van der Waals surface area contributed by atoms with Crippen LogP contribution in [0.5, 0.6) is 5.75 Å². The Morgan fingerprint density at radius 2 is 2.24 bits per heavy atom. The molecule has 1 aliphatic heterocycles. The highest BCUT2D eigenvalue weighted by Crippen LogP contribution is 2.21. The van der Waals surface area contributed by atoms with Gasteiger partial charge in [-0.2, -0.15) is 9.61 Å². The number of nitrogens with zero attached hydrogens (tertiary/aromatic N) is 5. The van der Waals surface area contributed by atoms with Gasteiger partial charge in [-0.05, 0) is 50.1 Å². The molecule has 1 saturated heterocycles. The van der Waals surface area contributed by atoms with Crippen LogP contribution in [0, 0.1) is 6.92 Å². The summed E-state index contributed by atoms with van der Waals surface area (Å²) in [5, 5.41) is 25.8. The Morgan fingerprint density at radius 3 is 3.12 bits per heavy atom. The number of aromatic hydroxyl groups is 1. The van der Waals surface area contributed by atoms with E-state index in [1.54, 1.807) is 16.9 Å². The predicted molar refractivity (Wildman–Crippen MR) is 95.5 cm³/mol. The van der Waals surface area contributed by atoms with E-state index in [1.807, 2.05) is 25.1 Å². The van der Waals surface area contributed by atoms with E-state index in [-0.39, 0.29) is 0 Å². The van der Waals surface area contributed by atoms with Crippen molar-refractivity contribution in [3.8, 4) is 5.75 Å². The highest BCUT2D eigenvalue weighted by atomic mass is 16.3. The fraction of sp³-hybridized carbons (Fsp3) is 0.389. The van der Waals surface area contributed by atoms with Crippen molar-refractivity contribution in [3.05, 3.63) is 47.9 Å². The molecule has 2 N–H and O–H groups in total. The quantitative estimate of drug-likeness (QED) is 0.759. The number of nitrogens with one attached hydrogen (secondary N) is 1. The molecule has 1 aliphatic rings. The number of aryl methyl sites for hydroxylation is 1. The maximum Gasteiger partial charge on any atom is 0.200 e. The summed E-state index contributed by atoms with van der Waals surface area (Å²) in [6.45, 7) is 4.85. The highest BCUT2D eigenvalue weighted by molar-refractivity contribution is 5.67. The molecule has 2 aromatic heterocycles. The number of aromatic nitrogens is 4. The third kappa shape index (κ3) is 3.56. The highest BCUT2D eigenvalue weighted by Gasteiger charge is 2.21. The Labute approximate surface area is 146 Å². The van der Waals surface area contributed by atoms with Gasteiger partial charge in [0, 0.05) is 19.1 Å². The molecule has 1 unspecified atom stereocenters. The minimum atomic E-state index is 0.325. The lowest BCUT2D eigenvalue weighted by atomic mass is 10.0. The first-order chi connectivity index (χ1) is 12.2. The maximum absolute atomic E-state index is 9.64. The summed E-state index contributed by atoms with van der Waals surface area (Å²) < 4.78 is 1.71. The lowest BCUT2D eigenvalue weighted by Gasteiger charge is -2.33. The second-order valence-electron chi connectivity index (χ2n) is 6.69. The largest absolute Gasteiger partial charge is 0.508 e. The molecular weight excluding hydrogens is 316 g/mol. The van der Waals surface area contributed by atoms with E-state index >= 15 is 0 Å². The average molecular weight is 338 g/mol. The van der Waals surface area contributed by atoms with E-state index in [0.717, 1.165) is 55.1 Å². The Hall–Kier alpha value is -2.67. The fourth-order valence-electron chi connectivity index (χ4n) is 3.51. The van der Waals surface area contributed by atoms with Gasteiger partial charge in [0.1, 0.15) is 12.1 Å². The summed E-state index contributed by atoms with van der Waals surface area (Å²) in [5.41, 5.74) is 3.81. The zero-order chi connectivity index (χ0) is 17.2. The molecule has 0 amide bonds. The molecule has 0 bridgehead atoms. The number of benzene rings is 1. The van der Waals surface area contributed by atoms with Crippen molar-refractivity contribution in [1.29, 1.82) is 0 Å². The number of hydrogen-bond donors (Lipinski definition) is 2. The van der Waals surface area contributed by atoms with Crippen LogP contribution in [0.4, 0.5) is 5.69 Å². The Kier molecular flexibility index (Phi) is 4.23. The van der Waals surface area contributed by atoms with Gasteiger partial charge in [0.2, 0.25) is 5.65 Å². The van der Waals surface area contributed by atoms with Crippen LogP contribution in [0.1, 0.15) is 24.1 Å². The van der Waals surface area contributed by atoms with Crippen LogP contribution in [-0.4, -0.2) is 48.9 Å². The van der Waals surface area contributed by atoms with Gasteiger partial charge in [0.25, 0.3) is 0 Å². The molecule has 0 saturated carbocycles. The molecule has 7 nitrogen and oxygen atoms in total. The summed E-state index contributed by atoms with van der Waals surface area (Å²) in [5.74, 6) is 0.325. The third-order valence-electron chi connectivity index (χ3n) is 4.57. The molecule has 0 aliphatic carbocycles. The van der Waals surface area contributed by atoms with Gasteiger partial charge in [-0.25, -0.2) is 0 Å². The van der Waals surface area contributed by atoms with Gasteiger partial charge < -0.3 is 10.4 Å². The SMILES string of the molecule is Cc1cc(NC2CCCN(Cc3cccc(O)c3)C2)c2nncn2n1. The number of phenolic OH excluding ortho intramolecular Hbond substituents is 1. The van der Waals surface area contributed by atoms with Crippen molar-refractivity contribution in [3.63, 3.8) is 0 Å². The molecule has 1 atom stereocenters. The van der Waals surface area contributed by atoms with E-state index in [1.165, 1.54) is 0 Å². The normalized spacial score (nSPS) is 18.5. The van der Waals surface area contributed by atoms with Crippen molar-refractivity contribution in [2.75, 3.05) is 18.4 Å². The van der Waals surface area contributed by atoms with E-state index in [2.05, 4.69) is 31.6 Å². The van der Waals surface area contributed by atoms with Crippen LogP contribution in [0.15, 0.2) is 36.7 Å². The minimum Gasteiger partial charge on any atom is -0.508 e. The van der Waals surface area contributed by atoms with E-state index in [9.17, 15) is 5.11 Å². The Bertz CT molecular complexity index is 877. The number of piperidine rings is 1. The number of anilines is 1. The zero-order valence-electron chi connectivity index (χ0n) is 14.3. The Balaban J connectivity index is 1.46. The fourth-order valence-corrected chi connectivity index (χ4v) is 3.51. The van der Waals surface area contributed by atoms with E-state index < -0.39 is 0 Å². The van der Waals surface area contributed by atoms with Gasteiger partial charge in [-0.3, -0.25) is 4.90 Å². The first-order valence-corrected chi connectivity index (χ1v) is 8.62. The number of fused-ring (bicyclic) bond motifs is 1. The number of phenols is 1. The van der Waals surface area contributed by atoms with Crippen molar-refractivity contribution < 1.29 is 5.11 Å². The van der Waals surface area contributed by atoms with Crippen LogP contribution in [0.2, 0.25) is 0 Å². The molecule has 3 heterocycles. The molecule has 0 spiro atoms. The molecule has 130 valence electrons. The monoisotopic (exact) mass is 338 g/mol. The second kappa shape index (κ2) is 6.68. The van der Waals surface area contributed by atoms with Crippen molar-refractivity contribution >= 4 is 11.3 Å². The molecular formula is C18H22N6O. The zero-order valence-corrected chi connectivity index (χ0v) is 14.3. The smallest absolute Gasteiger partial charge is 0.200 e. The van der Waals surface area contributed by atoms with Crippen LogP contribution in [-0.2, 0) is 6.54 Å². The standard InChI is InChI=1S/C18H22N6O/c1-13-8-17(18-21-19-12-24(18)22-13)20-15-5-3-7-23(11-15)10-14-4-2-6-16(25)9-14/h2,4,6,8-9,12,15,20,25H,3,5,7,10-11H2,1H3. The number of hydrogen-bond acceptors (Lipinski definition) is 6. The average Bonchev–Trinajstić information content (AvgIpc) is 3.03. The van der Waals surface area contributed by atoms with E-state index in [0.29, 0.717) is 11.8 Å². The van der Waals surface area contributed by atoms with Crippen molar-refractivity contribution in [1.82, 2.24) is 24.7 Å². The summed E-state index contributed by atoms with van der Waals surface area (Å²) in [4.78, 5) is 2.42. The van der Waals surface area contributed by atoms with Gasteiger partial charge in [0.15, 0.2) is 0 Å². The third-order valence-corrected chi connectivity index (χ3v) is 4.57. The first kappa shape index (κ1) is 15.8. The van der Waals surface area contributed by atoms with Crippen LogP contribution in [0.25, 0.3) is 5.65 Å². The van der Waals surface area contributed by atoms with Crippen LogP contribution < -0.4 is 5.32 Å². The molecule has 25 heavy (non-hydrogen) atoms. The van der Waals surface area contributed by atoms with Gasteiger partial charge in [-0.1, -0.05) is 12.1 Å². The van der Waals surface area contributed by atoms with Gasteiger partial charge in [0.05, 0.1) is 11.4 Å². The lowest BCUT2D eigenvalue weighted by molar-refractivity contribution is 0.208. The second-order valence-corrected chi connectivity index (χ2v) is 6.69. The number of rotatable bonds is 4. The maximum atomic E-state index is 9.64. The summed E-state index contributed by atoms with van der Waals surface area (Å²) in [7, 11) is 0. The minimum absolute atomic E-state index is 0.325. The molecule has 3 aromatic rings. The van der Waals surface area contributed by atoms with Gasteiger partial charge >= 0.3 is 0 Å².